The van der Waals surface area contributed by atoms with E-state index in [1.54, 1.807) is 0 Å². The Balaban J connectivity index is 1.79. The number of nitrogens with one attached hydrogen (secondary N) is 1. The highest BCUT2D eigenvalue weighted by Gasteiger charge is 2.33. The summed E-state index contributed by atoms with van der Waals surface area (Å²) < 4.78 is 5.96. The quantitative estimate of drug-likeness (QED) is 0.633. The molecule has 5 unspecified atom stereocenters. The Morgan fingerprint density at radius 1 is 1.06 bits per heavy atom. The van der Waals surface area contributed by atoms with Crippen molar-refractivity contribution in [1.29, 1.82) is 0 Å². The predicted octanol–water partition coefficient (Wildman–Crippen LogP) is 3.72. The Hall–Kier alpha value is 0.790. The monoisotopic (exact) mass is 313 g/mol. The molecule has 0 bridgehead atoms. The van der Waals surface area contributed by atoms with Gasteiger partial charge in [-0.05, 0) is 32.6 Å². The fourth-order valence-corrected chi connectivity index (χ4v) is 4.09. The molecule has 1 saturated carbocycles. The van der Waals surface area contributed by atoms with Gasteiger partial charge in [0.15, 0.2) is 0 Å². The van der Waals surface area contributed by atoms with Gasteiger partial charge >= 0.3 is 0 Å². The van der Waals surface area contributed by atoms with Crippen LogP contribution in [0.1, 0.15) is 39.0 Å². The average Bonchev–Trinajstić information content (AvgIpc) is 2.31. The molecule has 2 aliphatic rings. The summed E-state index contributed by atoms with van der Waals surface area (Å²) in [5.41, 5.74) is -0.0973. The number of halogens is 3. The minimum atomic E-state index is -0.0973. The van der Waals surface area contributed by atoms with Crippen LogP contribution in [0.2, 0.25) is 0 Å². The molecule has 2 nitrogen and oxygen atoms in total. The van der Waals surface area contributed by atoms with Gasteiger partial charge in [-0.2, -0.15) is 0 Å². The first-order valence-electron chi connectivity index (χ1n) is 6.87. The van der Waals surface area contributed by atoms with Crippen LogP contribution in [-0.2, 0) is 4.74 Å². The number of ether oxygens (including phenoxy) is 1. The van der Waals surface area contributed by atoms with Crippen LogP contribution in [0.5, 0.6) is 0 Å². The van der Waals surface area contributed by atoms with E-state index in [9.17, 15) is 0 Å². The summed E-state index contributed by atoms with van der Waals surface area (Å²) in [7, 11) is 0. The van der Waals surface area contributed by atoms with Gasteiger partial charge in [-0.15, -0.1) is 34.8 Å². The molecule has 1 saturated heterocycles. The van der Waals surface area contributed by atoms with E-state index in [1.807, 2.05) is 0 Å². The molecule has 0 spiro atoms. The molecule has 1 aliphatic heterocycles. The van der Waals surface area contributed by atoms with E-state index in [0.29, 0.717) is 12.6 Å². The van der Waals surface area contributed by atoms with E-state index in [2.05, 4.69) is 12.2 Å². The average molecular weight is 315 g/mol. The van der Waals surface area contributed by atoms with Crippen LogP contribution in [0, 0.1) is 5.92 Å². The van der Waals surface area contributed by atoms with Crippen molar-refractivity contribution in [3.05, 3.63) is 0 Å². The summed E-state index contributed by atoms with van der Waals surface area (Å²) in [4.78, 5) is 0. The molecule has 1 N–H and O–H groups in total. The number of hydrogen-bond acceptors (Lipinski definition) is 2. The van der Waals surface area contributed by atoms with E-state index < -0.39 is 0 Å². The molecule has 2 fully saturated rings. The highest BCUT2D eigenvalue weighted by atomic mass is 35.5. The van der Waals surface area contributed by atoms with Crippen LogP contribution in [0.3, 0.4) is 0 Å². The van der Waals surface area contributed by atoms with Gasteiger partial charge in [0.05, 0.1) is 12.7 Å². The second-order valence-electron chi connectivity index (χ2n) is 5.55. The predicted molar refractivity (Wildman–Crippen MR) is 77.8 cm³/mol. The summed E-state index contributed by atoms with van der Waals surface area (Å²) in [6.07, 6.45) is 5.41. The number of piperidine rings is 1. The Bertz CT molecular complexity index is 257. The van der Waals surface area contributed by atoms with Gasteiger partial charge in [-0.25, -0.2) is 0 Å². The fourth-order valence-electron chi connectivity index (χ4n) is 2.80. The highest BCUT2D eigenvalue weighted by Crippen LogP contribution is 2.33. The van der Waals surface area contributed by atoms with Gasteiger partial charge < -0.3 is 4.74 Å². The SMILES string of the molecule is CC1CCC(OCC2C(Cl)CCCC2Cl)C(Cl)N1. The maximum Gasteiger partial charge on any atom is 0.109 e. The molecule has 0 radical (unpaired) electrons. The standard InChI is InChI=1S/C13H22Cl3NO/c1-8-5-6-12(13(16)17-8)18-7-9-10(14)3-2-4-11(9)15/h8-13,17H,2-7H2,1H3. The van der Waals surface area contributed by atoms with Gasteiger partial charge in [-0.3, -0.25) is 5.32 Å². The third kappa shape index (κ3) is 3.89. The second kappa shape index (κ2) is 6.99. The van der Waals surface area contributed by atoms with Gasteiger partial charge in [0, 0.05) is 22.7 Å². The van der Waals surface area contributed by atoms with E-state index in [0.717, 1.165) is 32.1 Å². The fraction of sp³-hybridized carbons (Fsp3) is 1.00. The van der Waals surface area contributed by atoms with Crippen molar-refractivity contribution in [2.24, 2.45) is 5.92 Å². The summed E-state index contributed by atoms with van der Waals surface area (Å²) in [5.74, 6) is 0.255. The zero-order valence-corrected chi connectivity index (χ0v) is 13.0. The Morgan fingerprint density at radius 2 is 1.72 bits per heavy atom. The van der Waals surface area contributed by atoms with Crippen molar-refractivity contribution in [1.82, 2.24) is 5.32 Å². The van der Waals surface area contributed by atoms with Crippen molar-refractivity contribution < 1.29 is 4.74 Å². The van der Waals surface area contributed by atoms with Gasteiger partial charge in [0.25, 0.3) is 0 Å². The minimum absolute atomic E-state index is 0.0810. The lowest BCUT2D eigenvalue weighted by atomic mass is 9.89. The van der Waals surface area contributed by atoms with Crippen molar-refractivity contribution in [2.45, 2.75) is 67.4 Å². The Morgan fingerprint density at radius 3 is 2.33 bits per heavy atom. The number of alkyl halides is 3. The Labute approximate surface area is 125 Å². The second-order valence-corrected chi connectivity index (χ2v) is 7.14. The molecule has 106 valence electrons. The lowest BCUT2D eigenvalue weighted by Gasteiger charge is -2.36. The highest BCUT2D eigenvalue weighted by molar-refractivity contribution is 6.24. The molecule has 0 aromatic heterocycles. The summed E-state index contributed by atoms with van der Waals surface area (Å²) in [6.45, 7) is 2.78. The molecular weight excluding hydrogens is 293 g/mol. The van der Waals surface area contributed by atoms with Crippen LogP contribution in [0.25, 0.3) is 0 Å². The van der Waals surface area contributed by atoms with Crippen LogP contribution < -0.4 is 5.32 Å². The molecule has 2 rings (SSSR count). The molecule has 0 aromatic rings. The zero-order valence-electron chi connectivity index (χ0n) is 10.7. The number of hydrogen-bond donors (Lipinski definition) is 1. The molecule has 1 heterocycles. The largest absolute Gasteiger partial charge is 0.375 e. The maximum absolute atomic E-state index is 6.34. The van der Waals surface area contributed by atoms with Gasteiger partial charge in [0.1, 0.15) is 5.50 Å². The summed E-state index contributed by atoms with van der Waals surface area (Å²) >= 11 is 18.9. The van der Waals surface area contributed by atoms with Crippen molar-refractivity contribution in [2.75, 3.05) is 6.61 Å². The summed E-state index contributed by atoms with van der Waals surface area (Å²) in [5, 5.41) is 3.60. The zero-order chi connectivity index (χ0) is 13.1. The number of rotatable bonds is 3. The Kier molecular flexibility index (Phi) is 5.89. The van der Waals surface area contributed by atoms with Crippen LogP contribution in [0.15, 0.2) is 0 Å². The maximum atomic E-state index is 6.34. The lowest BCUT2D eigenvalue weighted by Crippen LogP contribution is -2.48. The van der Waals surface area contributed by atoms with E-state index >= 15 is 0 Å². The third-order valence-corrected chi connectivity index (χ3v) is 5.54. The first-order valence-corrected chi connectivity index (χ1v) is 8.18. The van der Waals surface area contributed by atoms with Crippen LogP contribution in [0.4, 0.5) is 0 Å². The van der Waals surface area contributed by atoms with E-state index in [-0.39, 0.29) is 28.3 Å². The van der Waals surface area contributed by atoms with E-state index in [1.165, 1.54) is 0 Å². The lowest BCUT2D eigenvalue weighted by molar-refractivity contribution is -0.00324. The van der Waals surface area contributed by atoms with E-state index in [4.69, 9.17) is 39.5 Å². The molecule has 5 atom stereocenters. The van der Waals surface area contributed by atoms with Gasteiger partial charge in [-0.1, -0.05) is 6.42 Å². The van der Waals surface area contributed by atoms with Crippen LogP contribution in [-0.4, -0.2) is 35.0 Å². The summed E-state index contributed by atoms with van der Waals surface area (Å²) in [6, 6.07) is 0.476. The van der Waals surface area contributed by atoms with Crippen molar-refractivity contribution in [3.63, 3.8) is 0 Å². The van der Waals surface area contributed by atoms with Gasteiger partial charge in [0.2, 0.25) is 0 Å². The third-order valence-electron chi connectivity index (χ3n) is 4.05. The minimum Gasteiger partial charge on any atom is -0.375 e. The first kappa shape index (κ1) is 15.2. The van der Waals surface area contributed by atoms with Crippen LogP contribution >= 0.6 is 34.8 Å². The smallest absolute Gasteiger partial charge is 0.109 e. The van der Waals surface area contributed by atoms with Crippen molar-refractivity contribution in [3.8, 4) is 0 Å². The molecule has 1 aliphatic carbocycles. The molecule has 5 heteroatoms. The molecule has 0 amide bonds. The first-order chi connectivity index (χ1) is 8.58. The molecule has 0 aromatic carbocycles. The molecule has 18 heavy (non-hydrogen) atoms. The molecular formula is C13H22Cl3NO. The topological polar surface area (TPSA) is 21.3 Å². The normalized spacial score (nSPS) is 46.0. The van der Waals surface area contributed by atoms with Crippen molar-refractivity contribution >= 4 is 34.8 Å².